The van der Waals surface area contributed by atoms with E-state index in [1.54, 1.807) is 6.20 Å². The summed E-state index contributed by atoms with van der Waals surface area (Å²) < 4.78 is 0.852. The van der Waals surface area contributed by atoms with E-state index in [4.69, 9.17) is 12.2 Å². The van der Waals surface area contributed by atoms with E-state index in [-0.39, 0.29) is 0 Å². The van der Waals surface area contributed by atoms with Crippen LogP contribution in [0.15, 0.2) is 22.8 Å². The zero-order valence-electron chi connectivity index (χ0n) is 5.79. The van der Waals surface area contributed by atoms with E-state index < -0.39 is 6.04 Å². The molecule has 1 aromatic heterocycles. The van der Waals surface area contributed by atoms with Crippen molar-refractivity contribution in [2.45, 2.75) is 6.04 Å². The fraction of sp³-hybridized carbons (Fsp3) is 0.125. The molecule has 0 amide bonds. The van der Waals surface area contributed by atoms with Crippen LogP contribution in [0.1, 0.15) is 11.7 Å². The molecular weight excluding hydrogens is 204 g/mol. The number of aromatic nitrogens is 1. The van der Waals surface area contributed by atoms with Crippen molar-refractivity contribution < 1.29 is 0 Å². The van der Waals surface area contributed by atoms with Crippen LogP contribution in [0.2, 0.25) is 0 Å². The Morgan fingerprint density at radius 1 is 1.73 bits per heavy atom. The molecule has 1 aromatic rings. The van der Waals surface area contributed by atoms with Crippen LogP contribution in [-0.4, -0.2) is 4.98 Å². The van der Waals surface area contributed by atoms with E-state index in [2.05, 4.69) is 26.8 Å². The fourth-order valence-corrected chi connectivity index (χ4v) is 1.21. The summed E-state index contributed by atoms with van der Waals surface area (Å²) in [4.78, 5) is 4.03. The molecule has 0 aliphatic carbocycles. The highest BCUT2D eigenvalue weighted by Gasteiger charge is 2.06. The quantitative estimate of drug-likeness (QED) is 0.714. The average Bonchev–Trinajstić information content (AvgIpc) is 2.04. The minimum absolute atomic E-state index is 0.425. The molecule has 0 aromatic carbocycles. The zero-order valence-corrected chi connectivity index (χ0v) is 7.38. The van der Waals surface area contributed by atoms with Gasteiger partial charge in [-0.25, -0.2) is 0 Å². The molecule has 56 valence electrons. The second-order valence-corrected chi connectivity index (χ2v) is 2.87. The van der Waals surface area contributed by atoms with Crippen molar-refractivity contribution in [3.05, 3.63) is 28.5 Å². The van der Waals surface area contributed by atoms with Crippen LogP contribution in [0.5, 0.6) is 0 Å². The molecule has 0 saturated heterocycles. The molecule has 0 fully saturated rings. The van der Waals surface area contributed by atoms with E-state index in [9.17, 15) is 0 Å². The van der Waals surface area contributed by atoms with E-state index in [0.717, 1.165) is 4.47 Å². The van der Waals surface area contributed by atoms with Crippen LogP contribution >= 0.6 is 15.9 Å². The largest absolute Gasteiger partial charge is 0.313 e. The van der Waals surface area contributed by atoms with Gasteiger partial charge in [-0.05, 0) is 28.1 Å². The van der Waals surface area contributed by atoms with Gasteiger partial charge in [-0.1, -0.05) is 5.92 Å². The maximum Gasteiger partial charge on any atom is 0.110 e. The van der Waals surface area contributed by atoms with Crippen LogP contribution in [0, 0.1) is 12.3 Å². The van der Waals surface area contributed by atoms with Gasteiger partial charge in [0.2, 0.25) is 0 Å². The summed E-state index contributed by atoms with van der Waals surface area (Å²) in [5, 5.41) is 0. The number of rotatable bonds is 1. The Morgan fingerprint density at radius 3 is 3.00 bits per heavy atom. The van der Waals surface area contributed by atoms with Crippen LogP contribution in [0.25, 0.3) is 0 Å². The Labute approximate surface area is 74.0 Å². The first-order valence-corrected chi connectivity index (χ1v) is 3.87. The first-order valence-electron chi connectivity index (χ1n) is 3.08. The van der Waals surface area contributed by atoms with Gasteiger partial charge < -0.3 is 5.73 Å². The molecule has 1 heterocycles. The highest BCUT2D eigenvalue weighted by atomic mass is 79.9. The molecule has 0 aliphatic rings. The summed E-state index contributed by atoms with van der Waals surface area (Å²) in [5.74, 6) is 2.41. The van der Waals surface area contributed by atoms with Gasteiger partial charge in [0.15, 0.2) is 0 Å². The zero-order chi connectivity index (χ0) is 8.27. The van der Waals surface area contributed by atoms with Gasteiger partial charge in [0.25, 0.3) is 0 Å². The van der Waals surface area contributed by atoms with E-state index in [0.29, 0.717) is 5.69 Å². The molecule has 11 heavy (non-hydrogen) atoms. The molecule has 3 heteroatoms. The second kappa shape index (κ2) is 3.51. The van der Waals surface area contributed by atoms with Gasteiger partial charge in [0.05, 0.1) is 5.69 Å². The van der Waals surface area contributed by atoms with Crippen LogP contribution in [-0.2, 0) is 0 Å². The first-order chi connectivity index (χ1) is 5.25. The number of halogens is 1. The summed E-state index contributed by atoms with van der Waals surface area (Å²) in [7, 11) is 0. The summed E-state index contributed by atoms with van der Waals surface area (Å²) >= 11 is 3.30. The Kier molecular flexibility index (Phi) is 2.64. The van der Waals surface area contributed by atoms with Crippen molar-refractivity contribution in [2.75, 3.05) is 0 Å². The first kappa shape index (κ1) is 8.25. The molecule has 2 nitrogen and oxygen atoms in total. The van der Waals surface area contributed by atoms with Crippen molar-refractivity contribution in [3.63, 3.8) is 0 Å². The fourth-order valence-electron chi connectivity index (χ4n) is 0.706. The summed E-state index contributed by atoms with van der Waals surface area (Å²) in [5.41, 5.74) is 6.27. The molecule has 0 bridgehead atoms. The van der Waals surface area contributed by atoms with Crippen molar-refractivity contribution in [3.8, 4) is 12.3 Å². The maximum atomic E-state index is 5.57. The smallest absolute Gasteiger partial charge is 0.110 e. The molecule has 0 spiro atoms. The van der Waals surface area contributed by atoms with E-state index in [1.165, 1.54) is 0 Å². The molecule has 1 atom stereocenters. The lowest BCUT2D eigenvalue weighted by Gasteiger charge is -2.04. The van der Waals surface area contributed by atoms with Crippen molar-refractivity contribution >= 4 is 15.9 Å². The highest BCUT2D eigenvalue weighted by Crippen LogP contribution is 2.17. The number of pyridine rings is 1. The Bertz CT molecular complexity index is 290. The molecule has 1 unspecified atom stereocenters. The Morgan fingerprint density at radius 2 is 2.45 bits per heavy atom. The number of terminal acetylenes is 1. The molecule has 0 aliphatic heterocycles. The lowest BCUT2D eigenvalue weighted by atomic mass is 10.2. The molecule has 0 saturated carbocycles. The SMILES string of the molecule is C#CC(N)c1ncccc1Br. The lowest BCUT2D eigenvalue weighted by Crippen LogP contribution is -2.09. The lowest BCUT2D eigenvalue weighted by molar-refractivity contribution is 0.882. The average molecular weight is 211 g/mol. The topological polar surface area (TPSA) is 38.9 Å². The van der Waals surface area contributed by atoms with Gasteiger partial charge in [0, 0.05) is 10.7 Å². The minimum Gasteiger partial charge on any atom is -0.313 e. The molecule has 1 rings (SSSR count). The standard InChI is InChI=1S/C8H7BrN2/c1-2-7(10)8-6(9)4-3-5-11-8/h1,3-5,7H,10H2. The summed E-state index contributed by atoms with van der Waals surface area (Å²) in [6.45, 7) is 0. The maximum absolute atomic E-state index is 5.57. The minimum atomic E-state index is -0.425. The predicted octanol–water partition coefficient (Wildman–Crippen LogP) is 1.48. The van der Waals surface area contributed by atoms with Gasteiger partial charge in [0.1, 0.15) is 6.04 Å². The van der Waals surface area contributed by atoms with Gasteiger partial charge in [-0.2, -0.15) is 0 Å². The van der Waals surface area contributed by atoms with Gasteiger partial charge in [-0.15, -0.1) is 6.42 Å². The number of hydrogen-bond acceptors (Lipinski definition) is 2. The predicted molar refractivity (Wildman–Crippen MR) is 47.7 cm³/mol. The molecule has 0 radical (unpaired) electrons. The number of nitrogens with two attached hydrogens (primary N) is 1. The van der Waals surface area contributed by atoms with Crippen LogP contribution in [0.4, 0.5) is 0 Å². The van der Waals surface area contributed by atoms with Crippen LogP contribution in [0.3, 0.4) is 0 Å². The van der Waals surface area contributed by atoms with E-state index in [1.807, 2.05) is 12.1 Å². The Balaban J connectivity index is 3.05. The molecular formula is C8H7BrN2. The van der Waals surface area contributed by atoms with E-state index >= 15 is 0 Å². The van der Waals surface area contributed by atoms with Gasteiger partial charge in [-0.3, -0.25) is 4.98 Å². The van der Waals surface area contributed by atoms with Crippen molar-refractivity contribution in [1.29, 1.82) is 0 Å². The summed E-state index contributed by atoms with van der Waals surface area (Å²) in [6, 6.07) is 3.25. The van der Waals surface area contributed by atoms with Crippen molar-refractivity contribution in [1.82, 2.24) is 4.98 Å². The van der Waals surface area contributed by atoms with Crippen LogP contribution < -0.4 is 5.73 Å². The normalized spacial score (nSPS) is 12.1. The third-order valence-corrected chi connectivity index (χ3v) is 1.93. The Hall–Kier alpha value is -0.850. The second-order valence-electron chi connectivity index (χ2n) is 2.01. The molecule has 2 N–H and O–H groups in total. The number of nitrogens with zero attached hydrogens (tertiary/aromatic N) is 1. The van der Waals surface area contributed by atoms with Crippen molar-refractivity contribution in [2.24, 2.45) is 5.73 Å². The number of hydrogen-bond donors (Lipinski definition) is 1. The van der Waals surface area contributed by atoms with Gasteiger partial charge >= 0.3 is 0 Å². The third kappa shape index (κ3) is 1.79. The monoisotopic (exact) mass is 210 g/mol. The summed E-state index contributed by atoms with van der Waals surface area (Å²) in [6.07, 6.45) is 6.80. The highest BCUT2D eigenvalue weighted by molar-refractivity contribution is 9.10. The third-order valence-electron chi connectivity index (χ3n) is 1.26.